The normalized spacial score (nSPS) is 17.7. The number of rotatable bonds is 3. The quantitative estimate of drug-likeness (QED) is 0.612. The number of allylic oxidation sites excluding steroid dienone is 1. The molecule has 0 aliphatic carbocycles. The van der Waals surface area contributed by atoms with Gasteiger partial charge in [-0.25, -0.2) is 0 Å². The number of nitrogens with zero attached hydrogens (tertiary/aromatic N) is 1. The van der Waals surface area contributed by atoms with E-state index in [1.807, 2.05) is 29.7 Å². The number of carbonyl (C=O) groups is 1. The van der Waals surface area contributed by atoms with Gasteiger partial charge in [0.1, 0.15) is 18.2 Å². The Morgan fingerprint density at radius 2 is 2.00 bits per heavy atom. The van der Waals surface area contributed by atoms with Gasteiger partial charge < -0.3 is 9.47 Å². The number of fused-ring (bicyclic) bond motifs is 3. The molecule has 0 saturated carbocycles. The second-order valence-corrected chi connectivity index (χ2v) is 8.23. The van der Waals surface area contributed by atoms with Gasteiger partial charge in [0, 0.05) is 28.9 Å². The zero-order chi connectivity index (χ0) is 17.5. The first kappa shape index (κ1) is 15.8. The molecule has 0 spiro atoms. The molecule has 26 heavy (non-hydrogen) atoms. The van der Waals surface area contributed by atoms with Gasteiger partial charge in [0.2, 0.25) is 5.78 Å². The number of thiophene rings is 2. The minimum absolute atomic E-state index is 0.0634. The van der Waals surface area contributed by atoms with Gasteiger partial charge in [-0.1, -0.05) is 12.1 Å². The fraction of sp³-hybridized carbons (Fsp3) is 0.150. The third-order valence-corrected chi connectivity index (χ3v) is 6.14. The van der Waals surface area contributed by atoms with Crippen molar-refractivity contribution in [2.45, 2.75) is 13.1 Å². The van der Waals surface area contributed by atoms with E-state index in [4.69, 9.17) is 9.47 Å². The van der Waals surface area contributed by atoms with Crippen LogP contribution in [0.1, 0.15) is 25.7 Å². The number of carbonyl (C=O) groups excluding carboxylic acids is 1. The molecule has 0 atom stereocenters. The fourth-order valence-electron chi connectivity index (χ4n) is 3.23. The van der Waals surface area contributed by atoms with Crippen molar-refractivity contribution in [1.82, 2.24) is 4.90 Å². The largest absolute Gasteiger partial charge is 0.478 e. The van der Waals surface area contributed by atoms with Crippen LogP contribution in [0.5, 0.6) is 11.5 Å². The van der Waals surface area contributed by atoms with E-state index in [0.717, 1.165) is 22.7 Å². The summed E-state index contributed by atoms with van der Waals surface area (Å²) in [4.78, 5) is 17.2. The summed E-state index contributed by atoms with van der Waals surface area (Å²) in [5.74, 6) is 1.76. The van der Waals surface area contributed by atoms with Gasteiger partial charge >= 0.3 is 0 Å². The van der Waals surface area contributed by atoms with Gasteiger partial charge in [0.05, 0.1) is 11.1 Å². The maximum Gasteiger partial charge on any atom is 0.232 e. The molecule has 0 saturated heterocycles. The SMILES string of the molecule is O=C1C(=Cc2cccs2)Oc2c1ccc1c2CN(Cc2cccs2)CO1. The summed E-state index contributed by atoms with van der Waals surface area (Å²) in [7, 11) is 0. The van der Waals surface area contributed by atoms with Crippen molar-refractivity contribution in [3.63, 3.8) is 0 Å². The first-order valence-electron chi connectivity index (χ1n) is 8.29. The second kappa shape index (κ2) is 6.39. The molecular weight excluding hydrogens is 366 g/mol. The molecule has 5 rings (SSSR count). The lowest BCUT2D eigenvalue weighted by atomic mass is 10.0. The van der Waals surface area contributed by atoms with E-state index in [9.17, 15) is 4.79 Å². The Morgan fingerprint density at radius 1 is 1.12 bits per heavy atom. The molecule has 0 fully saturated rings. The molecule has 0 bridgehead atoms. The van der Waals surface area contributed by atoms with Crippen molar-refractivity contribution in [2.75, 3.05) is 6.73 Å². The third kappa shape index (κ3) is 2.76. The summed E-state index contributed by atoms with van der Waals surface area (Å²) < 4.78 is 11.9. The molecule has 2 aliphatic rings. The number of benzene rings is 1. The zero-order valence-corrected chi connectivity index (χ0v) is 15.4. The topological polar surface area (TPSA) is 38.8 Å². The molecule has 4 nitrogen and oxygen atoms in total. The summed E-state index contributed by atoms with van der Waals surface area (Å²) in [5.41, 5.74) is 1.57. The molecular formula is C20H15NO3S2. The molecule has 2 aromatic heterocycles. The van der Waals surface area contributed by atoms with Crippen LogP contribution in [0.4, 0.5) is 0 Å². The van der Waals surface area contributed by atoms with Crippen molar-refractivity contribution in [3.05, 3.63) is 73.8 Å². The van der Waals surface area contributed by atoms with E-state index in [0.29, 0.717) is 30.3 Å². The van der Waals surface area contributed by atoms with Crippen LogP contribution in [0.25, 0.3) is 6.08 Å². The van der Waals surface area contributed by atoms with E-state index in [1.165, 1.54) is 4.88 Å². The highest BCUT2D eigenvalue weighted by molar-refractivity contribution is 7.10. The fourth-order valence-corrected chi connectivity index (χ4v) is 4.62. The Hall–Kier alpha value is -2.41. The number of hydrogen-bond donors (Lipinski definition) is 0. The van der Waals surface area contributed by atoms with Gasteiger partial charge in [0.15, 0.2) is 5.76 Å². The second-order valence-electron chi connectivity index (χ2n) is 6.21. The van der Waals surface area contributed by atoms with Crippen molar-refractivity contribution in [2.24, 2.45) is 0 Å². The number of hydrogen-bond acceptors (Lipinski definition) is 6. The summed E-state index contributed by atoms with van der Waals surface area (Å²) in [5, 5.41) is 4.06. The Kier molecular flexibility index (Phi) is 3.89. The van der Waals surface area contributed by atoms with Crippen LogP contribution >= 0.6 is 22.7 Å². The van der Waals surface area contributed by atoms with Crippen molar-refractivity contribution >= 4 is 34.5 Å². The van der Waals surface area contributed by atoms with Crippen molar-refractivity contribution < 1.29 is 14.3 Å². The smallest absolute Gasteiger partial charge is 0.232 e. The monoisotopic (exact) mass is 381 g/mol. The van der Waals surface area contributed by atoms with E-state index in [1.54, 1.807) is 28.7 Å². The molecule has 3 aromatic rings. The first-order chi connectivity index (χ1) is 12.8. The van der Waals surface area contributed by atoms with Gasteiger partial charge in [-0.05, 0) is 35.0 Å². The van der Waals surface area contributed by atoms with Crippen molar-refractivity contribution in [3.8, 4) is 11.5 Å². The zero-order valence-electron chi connectivity index (χ0n) is 13.8. The minimum atomic E-state index is -0.0634. The number of ketones is 1. The van der Waals surface area contributed by atoms with Crippen LogP contribution in [0.2, 0.25) is 0 Å². The van der Waals surface area contributed by atoms with Crippen LogP contribution in [0, 0.1) is 0 Å². The third-order valence-electron chi connectivity index (χ3n) is 4.46. The first-order valence-corrected chi connectivity index (χ1v) is 10.0. The lowest BCUT2D eigenvalue weighted by Gasteiger charge is -2.29. The maximum atomic E-state index is 12.7. The predicted molar refractivity (Wildman–Crippen MR) is 103 cm³/mol. The van der Waals surface area contributed by atoms with E-state index < -0.39 is 0 Å². The molecule has 0 radical (unpaired) electrons. The molecule has 0 unspecified atom stereocenters. The van der Waals surface area contributed by atoms with E-state index in [2.05, 4.69) is 22.4 Å². The Labute approximate surface area is 158 Å². The summed E-state index contributed by atoms with van der Waals surface area (Å²) in [6, 6.07) is 11.8. The van der Waals surface area contributed by atoms with Crippen LogP contribution < -0.4 is 9.47 Å². The van der Waals surface area contributed by atoms with E-state index in [-0.39, 0.29) is 5.78 Å². The Bertz CT molecular complexity index is 991. The van der Waals surface area contributed by atoms with Gasteiger partial charge in [-0.15, -0.1) is 22.7 Å². The number of Topliss-reactive ketones (excluding diaryl/α,β-unsaturated/α-hetero) is 1. The van der Waals surface area contributed by atoms with Gasteiger partial charge in [-0.2, -0.15) is 0 Å². The molecule has 130 valence electrons. The van der Waals surface area contributed by atoms with Crippen LogP contribution in [0.3, 0.4) is 0 Å². The lowest BCUT2D eigenvalue weighted by molar-refractivity contribution is 0.0882. The molecule has 4 heterocycles. The minimum Gasteiger partial charge on any atom is -0.478 e. The molecule has 2 aliphatic heterocycles. The summed E-state index contributed by atoms with van der Waals surface area (Å²) in [6.45, 7) is 2.07. The molecule has 0 amide bonds. The van der Waals surface area contributed by atoms with Crippen LogP contribution in [-0.2, 0) is 13.1 Å². The van der Waals surface area contributed by atoms with Crippen LogP contribution in [-0.4, -0.2) is 17.4 Å². The predicted octanol–water partition coefficient (Wildman–Crippen LogP) is 4.78. The van der Waals surface area contributed by atoms with Gasteiger partial charge in [0.25, 0.3) is 0 Å². The number of ether oxygens (including phenoxy) is 2. The van der Waals surface area contributed by atoms with E-state index >= 15 is 0 Å². The summed E-state index contributed by atoms with van der Waals surface area (Å²) in [6.07, 6.45) is 1.81. The van der Waals surface area contributed by atoms with Crippen LogP contribution in [0.15, 0.2) is 52.9 Å². The highest BCUT2D eigenvalue weighted by atomic mass is 32.1. The summed E-state index contributed by atoms with van der Waals surface area (Å²) >= 11 is 3.32. The molecule has 6 heteroatoms. The maximum absolute atomic E-state index is 12.7. The molecule has 0 N–H and O–H groups in total. The Morgan fingerprint density at radius 3 is 2.81 bits per heavy atom. The highest BCUT2D eigenvalue weighted by Crippen LogP contribution is 2.42. The Balaban J connectivity index is 1.46. The molecule has 1 aromatic carbocycles. The average molecular weight is 381 g/mol. The highest BCUT2D eigenvalue weighted by Gasteiger charge is 2.33. The standard InChI is InChI=1S/C20H15NO3S2/c22-19-15-5-6-17-16(11-21(12-23-17)10-14-4-2-8-26-14)20(15)24-18(19)9-13-3-1-7-25-13/h1-9H,10-12H2. The average Bonchev–Trinajstić information content (AvgIpc) is 3.39. The van der Waals surface area contributed by atoms with Crippen molar-refractivity contribution in [1.29, 1.82) is 0 Å². The lowest BCUT2D eigenvalue weighted by Crippen LogP contribution is -2.31. The van der Waals surface area contributed by atoms with Gasteiger partial charge in [-0.3, -0.25) is 9.69 Å².